The smallest absolute Gasteiger partial charge is 0.0975 e. The molecule has 18 heavy (non-hydrogen) atoms. The molecule has 0 bridgehead atoms. The molecule has 106 valence electrons. The van der Waals surface area contributed by atoms with Crippen LogP contribution in [0.1, 0.15) is 65.7 Å². The minimum absolute atomic E-state index is 0.0581. The van der Waals surface area contributed by atoms with Crippen molar-refractivity contribution in [3.63, 3.8) is 0 Å². The van der Waals surface area contributed by atoms with E-state index in [9.17, 15) is 0 Å². The van der Waals surface area contributed by atoms with Gasteiger partial charge in [0, 0.05) is 6.61 Å². The number of hydrogen-bond donors (Lipinski definition) is 1. The number of rotatable bonds is 12. The molecule has 0 spiro atoms. The maximum absolute atomic E-state index is 8.95. The Balaban J connectivity index is 3.47. The third-order valence-corrected chi connectivity index (χ3v) is 3.07. The lowest BCUT2D eigenvalue weighted by Crippen LogP contribution is -2.29. The molecule has 3 heteroatoms. The van der Waals surface area contributed by atoms with Crippen molar-refractivity contribution in [2.24, 2.45) is 0 Å². The molecule has 0 amide bonds. The van der Waals surface area contributed by atoms with Crippen LogP contribution in [0.2, 0.25) is 0 Å². The number of nitrogens with zero attached hydrogens (tertiary/aromatic N) is 1. The van der Waals surface area contributed by atoms with Crippen LogP contribution in [-0.2, 0) is 4.74 Å². The predicted octanol–water partition coefficient (Wildman–Crippen LogP) is 3.64. The van der Waals surface area contributed by atoms with Crippen LogP contribution in [0.5, 0.6) is 0 Å². The number of unbranched alkanes of at least 4 members (excludes halogenated alkanes) is 3. The molecule has 0 aromatic rings. The molecule has 0 radical (unpaired) electrons. The largest absolute Gasteiger partial charge is 0.378 e. The summed E-state index contributed by atoms with van der Waals surface area (Å²) in [6.07, 6.45) is 8.48. The summed E-state index contributed by atoms with van der Waals surface area (Å²) in [5.41, 5.74) is 0. The topological polar surface area (TPSA) is 45.0 Å². The summed E-state index contributed by atoms with van der Waals surface area (Å²) in [5, 5.41) is 12.2. The van der Waals surface area contributed by atoms with E-state index < -0.39 is 0 Å². The van der Waals surface area contributed by atoms with Crippen LogP contribution >= 0.6 is 0 Å². The van der Waals surface area contributed by atoms with Crippen molar-refractivity contribution in [3.8, 4) is 6.07 Å². The molecule has 2 atom stereocenters. The first-order chi connectivity index (χ1) is 8.74. The standard InChI is InChI=1S/C15H30N2O/c1-4-6-7-8-9-14(3)18-12-10-15(13-16)17-11-5-2/h14-15,17H,4-12H2,1-3H3. The maximum atomic E-state index is 8.95. The molecule has 3 nitrogen and oxygen atoms in total. The fourth-order valence-electron chi connectivity index (χ4n) is 1.86. The molecule has 0 heterocycles. The van der Waals surface area contributed by atoms with Crippen LogP contribution in [-0.4, -0.2) is 25.3 Å². The van der Waals surface area contributed by atoms with E-state index in [2.05, 4.69) is 32.2 Å². The van der Waals surface area contributed by atoms with Gasteiger partial charge in [-0.25, -0.2) is 0 Å². The first kappa shape index (κ1) is 17.4. The fourth-order valence-corrected chi connectivity index (χ4v) is 1.86. The van der Waals surface area contributed by atoms with E-state index in [1.807, 2.05) is 0 Å². The monoisotopic (exact) mass is 254 g/mol. The second-order valence-corrected chi connectivity index (χ2v) is 4.96. The second-order valence-electron chi connectivity index (χ2n) is 4.96. The molecule has 0 aromatic carbocycles. The van der Waals surface area contributed by atoms with Gasteiger partial charge in [0.15, 0.2) is 0 Å². The van der Waals surface area contributed by atoms with Crippen LogP contribution in [0, 0.1) is 11.3 Å². The summed E-state index contributed by atoms with van der Waals surface area (Å²) < 4.78 is 5.74. The van der Waals surface area contributed by atoms with Crippen molar-refractivity contribution in [2.45, 2.75) is 77.9 Å². The Bertz CT molecular complexity index is 213. The first-order valence-corrected chi connectivity index (χ1v) is 7.49. The fraction of sp³-hybridized carbons (Fsp3) is 0.933. The molecule has 0 aromatic heterocycles. The average Bonchev–Trinajstić information content (AvgIpc) is 2.38. The first-order valence-electron chi connectivity index (χ1n) is 7.49. The van der Waals surface area contributed by atoms with Gasteiger partial charge in [-0.1, -0.05) is 39.5 Å². The molecule has 2 unspecified atom stereocenters. The van der Waals surface area contributed by atoms with Gasteiger partial charge in [0.1, 0.15) is 0 Å². The van der Waals surface area contributed by atoms with Gasteiger partial charge in [0.2, 0.25) is 0 Å². The lowest BCUT2D eigenvalue weighted by atomic mass is 10.1. The molecule has 1 N–H and O–H groups in total. The van der Waals surface area contributed by atoms with Crippen LogP contribution in [0.25, 0.3) is 0 Å². The van der Waals surface area contributed by atoms with E-state index >= 15 is 0 Å². The highest BCUT2D eigenvalue weighted by atomic mass is 16.5. The van der Waals surface area contributed by atoms with Crippen molar-refractivity contribution in [3.05, 3.63) is 0 Å². The summed E-state index contributed by atoms with van der Waals surface area (Å²) in [5.74, 6) is 0. The Morgan fingerprint density at radius 1 is 1.11 bits per heavy atom. The molecule has 0 saturated heterocycles. The summed E-state index contributed by atoms with van der Waals surface area (Å²) in [7, 11) is 0. The van der Waals surface area contributed by atoms with E-state index in [0.717, 1.165) is 25.8 Å². The average molecular weight is 254 g/mol. The molecule has 0 aliphatic heterocycles. The molecule has 0 saturated carbocycles. The van der Waals surface area contributed by atoms with Crippen LogP contribution in [0.4, 0.5) is 0 Å². The molecule has 0 aliphatic carbocycles. The van der Waals surface area contributed by atoms with Gasteiger partial charge in [0.25, 0.3) is 0 Å². The minimum Gasteiger partial charge on any atom is -0.378 e. The lowest BCUT2D eigenvalue weighted by Gasteiger charge is -2.15. The minimum atomic E-state index is -0.0581. The van der Waals surface area contributed by atoms with Gasteiger partial charge >= 0.3 is 0 Å². The zero-order valence-electron chi connectivity index (χ0n) is 12.4. The highest BCUT2D eigenvalue weighted by molar-refractivity contribution is 4.89. The number of ether oxygens (including phenoxy) is 1. The van der Waals surface area contributed by atoms with E-state index in [4.69, 9.17) is 10.00 Å². The van der Waals surface area contributed by atoms with Crippen LogP contribution in [0.3, 0.4) is 0 Å². The molecule has 0 aliphatic rings. The Kier molecular flexibility index (Phi) is 12.4. The lowest BCUT2D eigenvalue weighted by molar-refractivity contribution is 0.0545. The van der Waals surface area contributed by atoms with Gasteiger partial charge in [-0.15, -0.1) is 0 Å². The summed E-state index contributed by atoms with van der Waals surface area (Å²) in [6, 6.07) is 2.22. The van der Waals surface area contributed by atoms with Crippen LogP contribution < -0.4 is 5.32 Å². The number of hydrogen-bond acceptors (Lipinski definition) is 3. The number of nitrogens with one attached hydrogen (secondary N) is 1. The summed E-state index contributed by atoms with van der Waals surface area (Å²) in [6.45, 7) is 8.06. The Hall–Kier alpha value is -0.590. The summed E-state index contributed by atoms with van der Waals surface area (Å²) >= 11 is 0. The normalized spacial score (nSPS) is 14.1. The van der Waals surface area contributed by atoms with Crippen molar-refractivity contribution >= 4 is 0 Å². The van der Waals surface area contributed by atoms with E-state index in [1.54, 1.807) is 0 Å². The predicted molar refractivity (Wildman–Crippen MR) is 76.5 cm³/mol. The van der Waals surface area contributed by atoms with Crippen molar-refractivity contribution in [2.75, 3.05) is 13.2 Å². The third-order valence-electron chi connectivity index (χ3n) is 3.07. The molecular weight excluding hydrogens is 224 g/mol. The number of nitriles is 1. The van der Waals surface area contributed by atoms with Gasteiger partial charge in [-0.2, -0.15) is 5.26 Å². The molecule has 0 rings (SSSR count). The highest BCUT2D eigenvalue weighted by Gasteiger charge is 2.07. The van der Waals surface area contributed by atoms with Gasteiger partial charge in [-0.05, 0) is 32.7 Å². The Labute approximate surface area is 113 Å². The molecular formula is C15H30N2O. The Morgan fingerprint density at radius 2 is 1.89 bits per heavy atom. The zero-order chi connectivity index (χ0) is 13.6. The second kappa shape index (κ2) is 12.9. The highest BCUT2D eigenvalue weighted by Crippen LogP contribution is 2.08. The van der Waals surface area contributed by atoms with Gasteiger partial charge in [-0.3, -0.25) is 0 Å². The maximum Gasteiger partial charge on any atom is 0.0975 e. The van der Waals surface area contributed by atoms with Crippen LogP contribution in [0.15, 0.2) is 0 Å². The van der Waals surface area contributed by atoms with E-state index in [0.29, 0.717) is 12.7 Å². The summed E-state index contributed by atoms with van der Waals surface area (Å²) in [4.78, 5) is 0. The molecule has 0 fully saturated rings. The van der Waals surface area contributed by atoms with Crippen molar-refractivity contribution < 1.29 is 4.74 Å². The van der Waals surface area contributed by atoms with Gasteiger partial charge in [0.05, 0.1) is 18.2 Å². The van der Waals surface area contributed by atoms with Crippen molar-refractivity contribution in [1.29, 1.82) is 5.26 Å². The van der Waals surface area contributed by atoms with E-state index in [-0.39, 0.29) is 6.04 Å². The Morgan fingerprint density at radius 3 is 2.50 bits per heavy atom. The van der Waals surface area contributed by atoms with Gasteiger partial charge < -0.3 is 10.1 Å². The quantitative estimate of drug-likeness (QED) is 0.541. The third kappa shape index (κ3) is 10.6. The zero-order valence-corrected chi connectivity index (χ0v) is 12.4. The SMILES string of the molecule is CCCCCCC(C)OCCC(C#N)NCCC. The van der Waals surface area contributed by atoms with E-state index in [1.165, 1.54) is 25.7 Å². The van der Waals surface area contributed by atoms with Crippen molar-refractivity contribution in [1.82, 2.24) is 5.32 Å².